The Morgan fingerprint density at radius 3 is 2.46 bits per heavy atom. The number of fused-ring (bicyclic) bond motifs is 1. The summed E-state index contributed by atoms with van der Waals surface area (Å²) in [6.45, 7) is -0.253. The van der Waals surface area contributed by atoms with Gasteiger partial charge < -0.3 is 29.0 Å². The molecule has 0 atom stereocenters. The van der Waals surface area contributed by atoms with Crippen molar-refractivity contribution in [2.75, 3.05) is 27.6 Å². The molecule has 2 N–H and O–H groups in total. The van der Waals surface area contributed by atoms with Crippen molar-refractivity contribution in [3.8, 4) is 28.7 Å². The van der Waals surface area contributed by atoms with Crippen LogP contribution in [0.4, 0.5) is 0 Å². The van der Waals surface area contributed by atoms with Crippen LogP contribution in [0.2, 0.25) is 0 Å². The van der Waals surface area contributed by atoms with Crippen molar-refractivity contribution in [3.05, 3.63) is 74.2 Å². The molecule has 0 bridgehead atoms. The van der Waals surface area contributed by atoms with Crippen molar-refractivity contribution >= 4 is 55.9 Å². The lowest BCUT2D eigenvalue weighted by Crippen LogP contribution is -2.34. The van der Waals surface area contributed by atoms with Gasteiger partial charge in [-0.3, -0.25) is 9.59 Å². The maximum Gasteiger partial charge on any atom is 0.343 e. The van der Waals surface area contributed by atoms with Crippen LogP contribution in [0.5, 0.6) is 28.7 Å². The molecule has 0 radical (unpaired) electrons. The smallest absolute Gasteiger partial charge is 0.343 e. The van der Waals surface area contributed by atoms with Crippen LogP contribution in [0, 0.1) is 0 Å². The number of halogens is 2. The Kier molecular flexibility index (Phi) is 9.04. The van der Waals surface area contributed by atoms with Gasteiger partial charge in [-0.25, -0.2) is 10.2 Å². The second kappa shape index (κ2) is 12.6. The van der Waals surface area contributed by atoms with Gasteiger partial charge >= 0.3 is 5.97 Å². The first-order chi connectivity index (χ1) is 18.8. The Labute approximate surface area is 239 Å². The molecule has 0 saturated carbocycles. The normalized spacial score (nSPS) is 11.7. The van der Waals surface area contributed by atoms with Gasteiger partial charge in [0.25, 0.3) is 11.8 Å². The van der Waals surface area contributed by atoms with E-state index in [1.165, 1.54) is 32.6 Å². The highest BCUT2D eigenvalue weighted by atomic mass is 79.9. The van der Waals surface area contributed by atoms with Crippen LogP contribution in [0.3, 0.4) is 0 Å². The van der Waals surface area contributed by atoms with Crippen molar-refractivity contribution in [1.29, 1.82) is 0 Å². The molecule has 0 unspecified atom stereocenters. The van der Waals surface area contributed by atoms with E-state index >= 15 is 0 Å². The van der Waals surface area contributed by atoms with Crippen LogP contribution in [-0.2, 0) is 4.79 Å². The Morgan fingerprint density at radius 2 is 1.69 bits per heavy atom. The fourth-order valence-electron chi connectivity index (χ4n) is 3.41. The quantitative estimate of drug-likeness (QED) is 0.152. The molecule has 0 saturated heterocycles. The number of hydrogen-bond acceptors (Lipinski definition) is 9. The molecule has 3 aromatic carbocycles. The third kappa shape index (κ3) is 6.86. The number of nitrogens with one attached hydrogen (secondary N) is 2. The van der Waals surface area contributed by atoms with Gasteiger partial charge in [0.15, 0.2) is 28.7 Å². The van der Waals surface area contributed by atoms with Gasteiger partial charge in [0.1, 0.15) is 0 Å². The summed E-state index contributed by atoms with van der Waals surface area (Å²) in [5, 5.41) is 6.43. The maximum absolute atomic E-state index is 12.8. The summed E-state index contributed by atoms with van der Waals surface area (Å²) in [5.74, 6) is 0.336. The van der Waals surface area contributed by atoms with Crippen LogP contribution in [0.1, 0.15) is 26.3 Å². The van der Waals surface area contributed by atoms with Crippen LogP contribution in [0.25, 0.3) is 0 Å². The van der Waals surface area contributed by atoms with Crippen molar-refractivity contribution in [2.24, 2.45) is 5.10 Å². The maximum atomic E-state index is 12.8. The van der Waals surface area contributed by atoms with Crippen LogP contribution >= 0.6 is 31.9 Å². The van der Waals surface area contributed by atoms with Crippen molar-refractivity contribution in [1.82, 2.24) is 10.7 Å². The lowest BCUT2D eigenvalue weighted by Gasteiger charge is -2.11. The number of hydrogen-bond donors (Lipinski definition) is 2. The molecular formula is C26H21Br2N3O8. The summed E-state index contributed by atoms with van der Waals surface area (Å²) in [4.78, 5) is 37.5. The topological polar surface area (TPSA) is 134 Å². The van der Waals surface area contributed by atoms with Gasteiger partial charge in [-0.1, -0.05) is 15.9 Å². The van der Waals surface area contributed by atoms with E-state index in [4.69, 9.17) is 23.7 Å². The lowest BCUT2D eigenvalue weighted by molar-refractivity contribution is -0.120. The molecule has 0 spiro atoms. The third-order valence-electron chi connectivity index (χ3n) is 5.29. The summed E-state index contributed by atoms with van der Waals surface area (Å²) < 4.78 is 27.7. The summed E-state index contributed by atoms with van der Waals surface area (Å²) in [7, 11) is 2.94. The number of amides is 2. The molecule has 1 heterocycles. The Balaban J connectivity index is 1.38. The van der Waals surface area contributed by atoms with Crippen molar-refractivity contribution < 1.29 is 38.1 Å². The highest BCUT2D eigenvalue weighted by molar-refractivity contribution is 9.11. The largest absolute Gasteiger partial charge is 0.493 e. The van der Waals surface area contributed by atoms with E-state index in [-0.39, 0.29) is 30.2 Å². The van der Waals surface area contributed by atoms with Crippen LogP contribution in [-0.4, -0.2) is 51.6 Å². The first-order valence-corrected chi connectivity index (χ1v) is 12.8. The average molecular weight is 663 g/mol. The van der Waals surface area contributed by atoms with E-state index in [0.717, 1.165) is 0 Å². The Hall–Kier alpha value is -4.10. The van der Waals surface area contributed by atoms with E-state index < -0.39 is 17.8 Å². The number of ether oxygens (including phenoxy) is 5. The van der Waals surface area contributed by atoms with E-state index in [1.807, 2.05) is 0 Å². The zero-order chi connectivity index (χ0) is 27.9. The molecule has 0 fully saturated rings. The zero-order valence-electron chi connectivity index (χ0n) is 20.6. The summed E-state index contributed by atoms with van der Waals surface area (Å²) >= 11 is 6.77. The standard InChI is InChI=1S/C26H21Br2N3O8/c1-35-19-5-3-14(8-21(19)36-2)25(33)29-12-23(32)31-30-11-16-7-17(27)10-18(28)24(16)39-26(34)15-4-6-20-22(9-15)38-13-37-20/h3-11H,12-13H2,1-2H3,(H,29,33)(H,31,32). The highest BCUT2D eigenvalue weighted by Crippen LogP contribution is 2.35. The number of hydrazone groups is 1. The second-order valence-corrected chi connectivity index (χ2v) is 9.58. The third-order valence-corrected chi connectivity index (χ3v) is 6.34. The first kappa shape index (κ1) is 27.9. The molecule has 11 nitrogen and oxygen atoms in total. The predicted molar refractivity (Wildman–Crippen MR) is 147 cm³/mol. The molecule has 202 valence electrons. The molecule has 0 aromatic heterocycles. The zero-order valence-corrected chi connectivity index (χ0v) is 23.8. The number of benzene rings is 3. The van der Waals surface area contributed by atoms with Gasteiger partial charge in [-0.05, 0) is 64.5 Å². The fourth-order valence-corrected chi connectivity index (χ4v) is 4.75. The molecular weight excluding hydrogens is 642 g/mol. The molecule has 4 rings (SSSR count). The van der Waals surface area contributed by atoms with Crippen molar-refractivity contribution in [2.45, 2.75) is 0 Å². The van der Waals surface area contributed by atoms with E-state index in [9.17, 15) is 14.4 Å². The van der Waals surface area contributed by atoms with E-state index in [0.29, 0.717) is 37.5 Å². The SMILES string of the molecule is COc1ccc(C(=O)NCC(=O)NN=Cc2cc(Br)cc(Br)c2OC(=O)c2ccc3c(c2)OCO3)cc1OC. The number of methoxy groups -OCH3 is 2. The van der Waals surface area contributed by atoms with Gasteiger partial charge in [0, 0.05) is 15.6 Å². The highest BCUT2D eigenvalue weighted by Gasteiger charge is 2.20. The number of carbonyl (C=O) groups excluding carboxylic acids is 3. The van der Waals surface area contributed by atoms with Gasteiger partial charge in [-0.15, -0.1) is 0 Å². The van der Waals surface area contributed by atoms with E-state index in [2.05, 4.69) is 47.7 Å². The first-order valence-electron chi connectivity index (χ1n) is 11.2. The average Bonchev–Trinajstić information content (AvgIpc) is 3.41. The molecule has 3 aromatic rings. The minimum atomic E-state index is -0.632. The number of carbonyl (C=O) groups is 3. The van der Waals surface area contributed by atoms with Gasteiger partial charge in [-0.2, -0.15) is 5.10 Å². The number of rotatable bonds is 9. The molecule has 13 heteroatoms. The number of esters is 1. The fraction of sp³-hybridized carbons (Fsp3) is 0.154. The summed E-state index contributed by atoms with van der Waals surface area (Å²) in [5.41, 5.74) is 3.27. The molecule has 2 amide bonds. The number of nitrogens with zero attached hydrogens (tertiary/aromatic N) is 1. The molecule has 1 aliphatic rings. The van der Waals surface area contributed by atoms with E-state index in [1.54, 1.807) is 36.4 Å². The Bertz CT molecular complexity index is 1460. The summed E-state index contributed by atoms with van der Waals surface area (Å²) in [6.07, 6.45) is 1.31. The van der Waals surface area contributed by atoms with Crippen LogP contribution in [0.15, 0.2) is 62.6 Å². The molecule has 0 aliphatic carbocycles. The predicted octanol–water partition coefficient (Wildman–Crippen LogP) is 4.06. The summed E-state index contributed by atoms with van der Waals surface area (Å²) in [6, 6.07) is 12.7. The van der Waals surface area contributed by atoms with Gasteiger partial charge in [0.2, 0.25) is 6.79 Å². The molecule has 1 aliphatic heterocycles. The second-order valence-electron chi connectivity index (χ2n) is 7.81. The van der Waals surface area contributed by atoms with Crippen LogP contribution < -0.4 is 34.4 Å². The Morgan fingerprint density at radius 1 is 0.949 bits per heavy atom. The minimum Gasteiger partial charge on any atom is -0.493 e. The molecule has 39 heavy (non-hydrogen) atoms. The monoisotopic (exact) mass is 661 g/mol. The lowest BCUT2D eigenvalue weighted by atomic mass is 10.2. The van der Waals surface area contributed by atoms with Crippen molar-refractivity contribution in [3.63, 3.8) is 0 Å². The van der Waals surface area contributed by atoms with Gasteiger partial charge in [0.05, 0.1) is 37.0 Å². The minimum absolute atomic E-state index is 0.0817.